The van der Waals surface area contributed by atoms with Crippen LogP contribution in [0.1, 0.15) is 26.2 Å². The van der Waals surface area contributed by atoms with Crippen molar-refractivity contribution < 1.29 is 4.98 Å². The average Bonchev–Trinajstić information content (AvgIpc) is 2.35. The number of rotatable bonds is 5. The smallest absolute Gasteiger partial charge is 0.205 e. The van der Waals surface area contributed by atoms with Crippen LogP contribution in [0, 0.1) is 0 Å². The van der Waals surface area contributed by atoms with Crippen molar-refractivity contribution in [3.8, 4) is 0 Å². The summed E-state index contributed by atoms with van der Waals surface area (Å²) < 4.78 is 0. The fraction of sp³-hybridized carbons (Fsp3) is 0.357. The number of hydrogen-bond acceptors (Lipinski definition) is 1. The van der Waals surface area contributed by atoms with Crippen LogP contribution < -0.4 is 4.98 Å². The van der Waals surface area contributed by atoms with E-state index in [-0.39, 0.29) is 0 Å². The van der Waals surface area contributed by atoms with Crippen LogP contribution in [0.5, 0.6) is 0 Å². The van der Waals surface area contributed by atoms with Gasteiger partial charge in [-0.3, -0.25) is 0 Å². The lowest BCUT2D eigenvalue weighted by Gasteiger charge is -1.99. The molecule has 1 aromatic carbocycles. The van der Waals surface area contributed by atoms with Crippen molar-refractivity contribution in [1.29, 1.82) is 0 Å². The van der Waals surface area contributed by atoms with Gasteiger partial charge in [0.25, 0.3) is 0 Å². The van der Waals surface area contributed by atoms with Gasteiger partial charge in [0.15, 0.2) is 6.20 Å². The molecule has 0 aliphatic carbocycles. The minimum atomic E-state index is 1.21. The molecule has 0 aliphatic heterocycles. The van der Waals surface area contributed by atoms with Crippen LogP contribution in [-0.4, -0.2) is 5.75 Å². The number of fused-ring (bicyclic) bond motifs is 1. The number of aromatic amines is 1. The zero-order valence-electron chi connectivity index (χ0n) is 9.70. The van der Waals surface area contributed by atoms with Gasteiger partial charge in [-0.05, 0) is 17.9 Å². The maximum Gasteiger partial charge on any atom is 0.246 e. The van der Waals surface area contributed by atoms with Gasteiger partial charge >= 0.3 is 0 Å². The molecule has 0 saturated carbocycles. The lowest BCUT2D eigenvalue weighted by molar-refractivity contribution is -0.423. The molecule has 0 unspecified atom stereocenters. The number of thioether (sulfide) groups is 1. The number of nitrogens with one attached hydrogen (secondary N) is 1. The first-order valence-electron chi connectivity index (χ1n) is 5.94. The molecule has 1 nitrogen and oxygen atoms in total. The Morgan fingerprint density at radius 1 is 1.12 bits per heavy atom. The van der Waals surface area contributed by atoms with Gasteiger partial charge in [0.1, 0.15) is 0 Å². The highest BCUT2D eigenvalue weighted by Crippen LogP contribution is 2.23. The molecule has 0 atom stereocenters. The minimum Gasteiger partial charge on any atom is -0.205 e. The van der Waals surface area contributed by atoms with E-state index in [1.807, 2.05) is 18.0 Å². The first-order valence-corrected chi connectivity index (χ1v) is 6.92. The molecule has 2 rings (SSSR count). The monoisotopic (exact) mass is 232 g/mol. The van der Waals surface area contributed by atoms with E-state index in [9.17, 15) is 0 Å². The van der Waals surface area contributed by atoms with E-state index in [0.29, 0.717) is 0 Å². The second-order valence-corrected chi connectivity index (χ2v) is 5.05. The SMILES string of the molecule is CCCCCSc1[nH+]ccc2ccccc12. The predicted octanol–water partition coefficient (Wildman–Crippen LogP) is 3.94. The van der Waals surface area contributed by atoms with Crippen molar-refractivity contribution in [2.75, 3.05) is 5.75 Å². The zero-order chi connectivity index (χ0) is 11.2. The van der Waals surface area contributed by atoms with E-state index >= 15 is 0 Å². The molecule has 0 fully saturated rings. The summed E-state index contributed by atoms with van der Waals surface area (Å²) in [7, 11) is 0. The van der Waals surface area contributed by atoms with Gasteiger partial charge in [-0.25, -0.2) is 4.98 Å². The van der Waals surface area contributed by atoms with Gasteiger partial charge in [-0.1, -0.05) is 49.7 Å². The molecule has 2 heteroatoms. The highest BCUT2D eigenvalue weighted by molar-refractivity contribution is 7.99. The highest BCUT2D eigenvalue weighted by Gasteiger charge is 2.07. The van der Waals surface area contributed by atoms with Crippen molar-refractivity contribution in [3.63, 3.8) is 0 Å². The first-order chi connectivity index (χ1) is 7.92. The Balaban J connectivity index is 2.11. The number of unbranched alkanes of at least 4 members (excludes halogenated alkanes) is 2. The third kappa shape index (κ3) is 2.76. The van der Waals surface area contributed by atoms with Crippen molar-refractivity contribution in [2.45, 2.75) is 31.2 Å². The molecule has 1 aromatic heterocycles. The summed E-state index contributed by atoms with van der Waals surface area (Å²) in [6.45, 7) is 2.24. The molecule has 0 radical (unpaired) electrons. The molecule has 0 aliphatic rings. The standard InChI is InChI=1S/C14H17NS/c1-2-3-6-11-16-14-13-8-5-4-7-12(13)9-10-15-14/h4-5,7-10H,2-3,6,11H2,1H3/p+1. The predicted molar refractivity (Wildman–Crippen MR) is 70.8 cm³/mol. The van der Waals surface area contributed by atoms with Crippen LogP contribution >= 0.6 is 11.8 Å². The fourth-order valence-corrected chi connectivity index (χ4v) is 2.83. The van der Waals surface area contributed by atoms with Gasteiger partial charge in [0.2, 0.25) is 5.03 Å². The molecule has 0 spiro atoms. The van der Waals surface area contributed by atoms with E-state index in [1.165, 1.54) is 40.8 Å². The van der Waals surface area contributed by atoms with Gasteiger partial charge in [-0.2, -0.15) is 0 Å². The van der Waals surface area contributed by atoms with Crippen LogP contribution in [0.3, 0.4) is 0 Å². The Morgan fingerprint density at radius 3 is 2.88 bits per heavy atom. The normalized spacial score (nSPS) is 10.8. The Bertz CT molecular complexity index is 448. The van der Waals surface area contributed by atoms with Crippen molar-refractivity contribution >= 4 is 22.5 Å². The summed E-state index contributed by atoms with van der Waals surface area (Å²) in [6.07, 6.45) is 5.96. The Hall–Kier alpha value is -1.02. The third-order valence-corrected chi connectivity index (χ3v) is 3.80. The summed E-state index contributed by atoms with van der Waals surface area (Å²) in [5.41, 5.74) is 0. The van der Waals surface area contributed by atoms with Crippen molar-refractivity contribution in [2.24, 2.45) is 0 Å². The molecule has 2 aromatic rings. The van der Waals surface area contributed by atoms with Crippen LogP contribution in [0.4, 0.5) is 0 Å². The summed E-state index contributed by atoms with van der Waals surface area (Å²) in [5.74, 6) is 1.21. The molecule has 16 heavy (non-hydrogen) atoms. The van der Waals surface area contributed by atoms with Crippen LogP contribution in [0.2, 0.25) is 0 Å². The summed E-state index contributed by atoms with van der Waals surface area (Å²) in [4.78, 5) is 3.35. The van der Waals surface area contributed by atoms with Gasteiger partial charge in [0, 0.05) is 11.8 Å². The molecule has 1 N–H and O–H groups in total. The number of aromatic nitrogens is 1. The quantitative estimate of drug-likeness (QED) is 0.562. The van der Waals surface area contributed by atoms with Gasteiger partial charge in [0.05, 0.1) is 5.39 Å². The molecular formula is C14H18NS+. The largest absolute Gasteiger partial charge is 0.246 e. The number of pyridine rings is 1. The van der Waals surface area contributed by atoms with Gasteiger partial charge in [-0.15, -0.1) is 0 Å². The van der Waals surface area contributed by atoms with Crippen LogP contribution in [0.15, 0.2) is 41.6 Å². The lowest BCUT2D eigenvalue weighted by Crippen LogP contribution is -2.05. The molecule has 0 saturated heterocycles. The van der Waals surface area contributed by atoms with Gasteiger partial charge < -0.3 is 0 Å². The van der Waals surface area contributed by atoms with E-state index in [0.717, 1.165) is 0 Å². The number of benzene rings is 1. The first kappa shape index (κ1) is 11.5. The molecule has 1 heterocycles. The lowest BCUT2D eigenvalue weighted by atomic mass is 10.2. The average molecular weight is 232 g/mol. The van der Waals surface area contributed by atoms with Crippen LogP contribution in [0.25, 0.3) is 10.8 Å². The maximum atomic E-state index is 3.35. The third-order valence-electron chi connectivity index (χ3n) is 2.68. The Kier molecular flexibility index (Phi) is 4.23. The zero-order valence-corrected chi connectivity index (χ0v) is 10.5. The summed E-state index contributed by atoms with van der Waals surface area (Å²) in [6, 6.07) is 10.7. The minimum absolute atomic E-state index is 1.21. The topological polar surface area (TPSA) is 14.1 Å². The second-order valence-electron chi connectivity index (χ2n) is 3.95. The van der Waals surface area contributed by atoms with Crippen molar-refractivity contribution in [1.82, 2.24) is 0 Å². The molecular weight excluding hydrogens is 214 g/mol. The Labute approximate surface area is 101 Å². The van der Waals surface area contributed by atoms with E-state index in [4.69, 9.17) is 0 Å². The Morgan fingerprint density at radius 2 is 2.00 bits per heavy atom. The summed E-state index contributed by atoms with van der Waals surface area (Å²) >= 11 is 1.93. The molecule has 0 amide bonds. The maximum absolute atomic E-state index is 3.35. The van der Waals surface area contributed by atoms with E-state index in [1.54, 1.807) is 0 Å². The molecule has 0 bridgehead atoms. The summed E-state index contributed by atoms with van der Waals surface area (Å²) in [5, 5.41) is 3.96. The second kappa shape index (κ2) is 5.90. The van der Waals surface area contributed by atoms with E-state index in [2.05, 4.69) is 42.2 Å². The van der Waals surface area contributed by atoms with Crippen molar-refractivity contribution in [3.05, 3.63) is 36.5 Å². The fourth-order valence-electron chi connectivity index (χ4n) is 1.78. The highest BCUT2D eigenvalue weighted by atomic mass is 32.2. The number of H-pyrrole nitrogens is 1. The van der Waals surface area contributed by atoms with E-state index < -0.39 is 0 Å². The van der Waals surface area contributed by atoms with Crippen LogP contribution in [-0.2, 0) is 0 Å². The molecule has 84 valence electrons. The number of hydrogen-bond donors (Lipinski definition) is 0.